The van der Waals surface area contributed by atoms with Gasteiger partial charge in [0.15, 0.2) is 0 Å². The Morgan fingerprint density at radius 3 is 2.20 bits per heavy atom. The van der Waals surface area contributed by atoms with Crippen LogP contribution >= 0.6 is 12.2 Å². The number of nitrogens with two attached hydrogens (primary N) is 1. The third-order valence-electron chi connectivity index (χ3n) is 2.28. The van der Waals surface area contributed by atoms with Gasteiger partial charge in [0.05, 0.1) is 18.0 Å². The standard InChI is InChI=1S/C12H8F3N3OS/c13-12(14,15)7-1-3-8(4-2-7)19-10-6-17-9(5-18-10)11(16)20/h1-6H,(H2,16,20). The number of alkyl halides is 3. The highest BCUT2D eigenvalue weighted by atomic mass is 32.1. The van der Waals surface area contributed by atoms with Crippen LogP contribution in [0.25, 0.3) is 0 Å². The normalized spacial score (nSPS) is 11.2. The van der Waals surface area contributed by atoms with Gasteiger partial charge in [-0.3, -0.25) is 0 Å². The third-order valence-corrected chi connectivity index (χ3v) is 2.49. The Bertz CT molecular complexity index is 611. The molecule has 2 N–H and O–H groups in total. The van der Waals surface area contributed by atoms with Crippen LogP contribution in [-0.4, -0.2) is 15.0 Å². The molecule has 0 amide bonds. The van der Waals surface area contributed by atoms with Crippen molar-refractivity contribution >= 4 is 17.2 Å². The van der Waals surface area contributed by atoms with Gasteiger partial charge in [0.1, 0.15) is 16.4 Å². The maximum atomic E-state index is 12.4. The molecule has 0 saturated heterocycles. The van der Waals surface area contributed by atoms with Crippen LogP contribution in [0.3, 0.4) is 0 Å². The van der Waals surface area contributed by atoms with Crippen molar-refractivity contribution in [3.8, 4) is 11.6 Å². The Morgan fingerprint density at radius 2 is 1.75 bits per heavy atom. The summed E-state index contributed by atoms with van der Waals surface area (Å²) in [6.45, 7) is 0. The maximum absolute atomic E-state index is 12.4. The van der Waals surface area contributed by atoms with E-state index < -0.39 is 11.7 Å². The van der Waals surface area contributed by atoms with Gasteiger partial charge in [-0.2, -0.15) is 13.2 Å². The number of nitrogens with zero attached hydrogens (tertiary/aromatic N) is 2. The first-order valence-electron chi connectivity index (χ1n) is 5.33. The summed E-state index contributed by atoms with van der Waals surface area (Å²) in [7, 11) is 0. The molecule has 0 bridgehead atoms. The molecule has 0 spiro atoms. The molecule has 0 aliphatic rings. The van der Waals surface area contributed by atoms with Crippen molar-refractivity contribution in [2.24, 2.45) is 5.73 Å². The van der Waals surface area contributed by atoms with Crippen LogP contribution in [0.5, 0.6) is 11.6 Å². The van der Waals surface area contributed by atoms with Crippen LogP contribution in [-0.2, 0) is 6.18 Å². The number of hydrogen-bond acceptors (Lipinski definition) is 4. The van der Waals surface area contributed by atoms with Crippen LogP contribution in [0.1, 0.15) is 11.3 Å². The van der Waals surface area contributed by atoms with Gasteiger partial charge in [-0.1, -0.05) is 12.2 Å². The predicted molar refractivity (Wildman–Crippen MR) is 69.4 cm³/mol. The summed E-state index contributed by atoms with van der Waals surface area (Å²) in [6, 6.07) is 4.25. The molecule has 104 valence electrons. The summed E-state index contributed by atoms with van der Waals surface area (Å²) in [6.07, 6.45) is -1.77. The van der Waals surface area contributed by atoms with Gasteiger partial charge in [-0.05, 0) is 24.3 Å². The fourth-order valence-electron chi connectivity index (χ4n) is 1.33. The first-order valence-corrected chi connectivity index (χ1v) is 5.74. The largest absolute Gasteiger partial charge is 0.438 e. The van der Waals surface area contributed by atoms with Gasteiger partial charge in [0.25, 0.3) is 0 Å². The quantitative estimate of drug-likeness (QED) is 0.883. The summed E-state index contributed by atoms with van der Waals surface area (Å²) in [4.78, 5) is 7.89. The molecule has 0 unspecified atom stereocenters. The highest BCUT2D eigenvalue weighted by molar-refractivity contribution is 7.80. The molecular formula is C12H8F3N3OS. The molecule has 1 aromatic heterocycles. The van der Waals surface area contributed by atoms with Crippen molar-refractivity contribution in [2.75, 3.05) is 0 Å². The monoisotopic (exact) mass is 299 g/mol. The van der Waals surface area contributed by atoms with Crippen LogP contribution < -0.4 is 10.5 Å². The Balaban J connectivity index is 2.12. The number of rotatable bonds is 3. The van der Waals surface area contributed by atoms with E-state index in [1.165, 1.54) is 24.5 Å². The van der Waals surface area contributed by atoms with Crippen molar-refractivity contribution in [2.45, 2.75) is 6.18 Å². The molecule has 4 nitrogen and oxygen atoms in total. The zero-order valence-electron chi connectivity index (χ0n) is 9.89. The first-order chi connectivity index (χ1) is 9.36. The van der Waals surface area contributed by atoms with Gasteiger partial charge in [-0.15, -0.1) is 0 Å². The van der Waals surface area contributed by atoms with Crippen molar-refractivity contribution in [1.29, 1.82) is 0 Å². The molecule has 2 rings (SSSR count). The van der Waals surface area contributed by atoms with Crippen molar-refractivity contribution in [3.05, 3.63) is 47.9 Å². The second kappa shape index (κ2) is 5.41. The van der Waals surface area contributed by atoms with E-state index in [-0.39, 0.29) is 16.6 Å². The fraction of sp³-hybridized carbons (Fsp3) is 0.0833. The lowest BCUT2D eigenvalue weighted by atomic mass is 10.2. The van der Waals surface area contributed by atoms with Gasteiger partial charge in [0.2, 0.25) is 5.88 Å². The highest BCUT2D eigenvalue weighted by Gasteiger charge is 2.30. The second-order valence-electron chi connectivity index (χ2n) is 3.73. The van der Waals surface area contributed by atoms with Gasteiger partial charge in [0, 0.05) is 0 Å². The molecular weight excluding hydrogens is 291 g/mol. The van der Waals surface area contributed by atoms with Crippen molar-refractivity contribution < 1.29 is 17.9 Å². The van der Waals surface area contributed by atoms with E-state index in [0.717, 1.165) is 12.1 Å². The fourth-order valence-corrected chi connectivity index (χ4v) is 1.43. The molecule has 0 fully saturated rings. The Morgan fingerprint density at radius 1 is 1.10 bits per heavy atom. The first kappa shape index (κ1) is 14.2. The minimum atomic E-state index is -4.38. The zero-order valence-corrected chi connectivity index (χ0v) is 10.7. The van der Waals surface area contributed by atoms with E-state index >= 15 is 0 Å². The van der Waals surface area contributed by atoms with Crippen molar-refractivity contribution in [1.82, 2.24) is 9.97 Å². The lowest BCUT2D eigenvalue weighted by Crippen LogP contribution is -2.11. The van der Waals surface area contributed by atoms with Crippen LogP contribution in [0, 0.1) is 0 Å². The SMILES string of the molecule is NC(=S)c1cnc(Oc2ccc(C(F)(F)F)cc2)cn1. The molecule has 8 heteroatoms. The van der Waals surface area contributed by atoms with E-state index in [0.29, 0.717) is 5.69 Å². The van der Waals surface area contributed by atoms with E-state index in [1.54, 1.807) is 0 Å². The topological polar surface area (TPSA) is 61.0 Å². The molecule has 20 heavy (non-hydrogen) atoms. The van der Waals surface area contributed by atoms with Gasteiger partial charge in [-0.25, -0.2) is 9.97 Å². The number of halogens is 3. The third kappa shape index (κ3) is 3.41. The molecule has 0 radical (unpaired) electrons. The Kier molecular flexibility index (Phi) is 3.84. The minimum absolute atomic E-state index is 0.0959. The summed E-state index contributed by atoms with van der Waals surface area (Å²) >= 11 is 4.71. The smallest absolute Gasteiger partial charge is 0.416 e. The number of thiocarbonyl (C=S) groups is 1. The molecule has 0 aliphatic carbocycles. The summed E-state index contributed by atoms with van der Waals surface area (Å²) in [5.74, 6) is 0.347. The number of ether oxygens (including phenoxy) is 1. The minimum Gasteiger partial charge on any atom is -0.438 e. The maximum Gasteiger partial charge on any atom is 0.416 e. The molecule has 0 saturated carbocycles. The Hall–Kier alpha value is -2.22. The zero-order chi connectivity index (χ0) is 14.8. The number of aromatic nitrogens is 2. The average Bonchev–Trinajstić information content (AvgIpc) is 2.39. The summed E-state index contributed by atoms with van der Waals surface area (Å²) in [5.41, 5.74) is 4.94. The molecule has 0 atom stereocenters. The summed E-state index contributed by atoms with van der Waals surface area (Å²) in [5, 5.41) is 0. The van der Waals surface area contributed by atoms with E-state index in [1.807, 2.05) is 0 Å². The lowest BCUT2D eigenvalue weighted by molar-refractivity contribution is -0.137. The molecule has 2 aromatic rings. The molecule has 0 aliphatic heterocycles. The average molecular weight is 299 g/mol. The lowest BCUT2D eigenvalue weighted by Gasteiger charge is -2.08. The van der Waals surface area contributed by atoms with Crippen LogP contribution in [0.15, 0.2) is 36.7 Å². The number of benzene rings is 1. The van der Waals surface area contributed by atoms with Crippen molar-refractivity contribution in [3.63, 3.8) is 0 Å². The highest BCUT2D eigenvalue weighted by Crippen LogP contribution is 2.30. The van der Waals surface area contributed by atoms with Crippen LogP contribution in [0.2, 0.25) is 0 Å². The van der Waals surface area contributed by atoms with E-state index in [2.05, 4.69) is 9.97 Å². The Labute approximate surface area is 117 Å². The van der Waals surface area contributed by atoms with E-state index in [9.17, 15) is 13.2 Å². The molecule has 1 heterocycles. The second-order valence-corrected chi connectivity index (χ2v) is 4.17. The van der Waals surface area contributed by atoms with Crippen LogP contribution in [0.4, 0.5) is 13.2 Å². The van der Waals surface area contributed by atoms with Gasteiger partial charge >= 0.3 is 6.18 Å². The summed E-state index contributed by atoms with van der Waals surface area (Å²) < 4.78 is 42.4. The van der Waals surface area contributed by atoms with E-state index in [4.69, 9.17) is 22.7 Å². The predicted octanol–water partition coefficient (Wildman–Crippen LogP) is 2.92. The molecule has 1 aromatic carbocycles. The number of hydrogen-bond donors (Lipinski definition) is 1. The van der Waals surface area contributed by atoms with Gasteiger partial charge < -0.3 is 10.5 Å².